The number of rotatable bonds is 5. The van der Waals surface area contributed by atoms with Crippen LogP contribution in [0.15, 0.2) is 18.2 Å². The third-order valence-corrected chi connectivity index (χ3v) is 2.64. The van der Waals surface area contributed by atoms with E-state index in [-0.39, 0.29) is 18.0 Å². The fraction of sp³-hybridized carbons (Fsp3) is 0.429. The van der Waals surface area contributed by atoms with E-state index in [0.717, 1.165) is 0 Å². The van der Waals surface area contributed by atoms with Crippen molar-refractivity contribution in [2.45, 2.75) is 20.8 Å². The van der Waals surface area contributed by atoms with E-state index < -0.39 is 17.6 Å². The first-order valence-corrected chi connectivity index (χ1v) is 6.15. The van der Waals surface area contributed by atoms with Crippen LogP contribution in [-0.2, 0) is 4.79 Å². The van der Waals surface area contributed by atoms with Crippen LogP contribution in [0.25, 0.3) is 0 Å². The van der Waals surface area contributed by atoms with Crippen molar-refractivity contribution < 1.29 is 14.0 Å². The summed E-state index contributed by atoms with van der Waals surface area (Å²) in [5, 5.41) is 0. The highest BCUT2D eigenvalue weighted by Gasteiger charge is 2.22. The standard InChI is InChI=1S/C14H19FN2O2/c1-9(2)7-17(8-12(16)18)14(19)11-6-4-5-10(3)13(11)15/h4-6,9H,7-8H2,1-3H3,(H2,16,18). The van der Waals surface area contributed by atoms with Gasteiger partial charge in [0, 0.05) is 6.54 Å². The number of aryl methyl sites for hydroxylation is 1. The van der Waals surface area contributed by atoms with Crippen LogP contribution in [0.5, 0.6) is 0 Å². The summed E-state index contributed by atoms with van der Waals surface area (Å²) < 4.78 is 13.9. The number of nitrogens with zero attached hydrogens (tertiary/aromatic N) is 1. The van der Waals surface area contributed by atoms with Crippen LogP contribution in [0.3, 0.4) is 0 Å². The van der Waals surface area contributed by atoms with Gasteiger partial charge >= 0.3 is 0 Å². The van der Waals surface area contributed by atoms with Gasteiger partial charge in [0.25, 0.3) is 5.91 Å². The Balaban J connectivity index is 3.04. The molecule has 0 saturated carbocycles. The summed E-state index contributed by atoms with van der Waals surface area (Å²) in [7, 11) is 0. The maximum Gasteiger partial charge on any atom is 0.257 e. The molecule has 1 rings (SSSR count). The molecule has 104 valence electrons. The number of benzene rings is 1. The van der Waals surface area contributed by atoms with Crippen LogP contribution < -0.4 is 5.73 Å². The molecule has 2 amide bonds. The Kier molecular flexibility index (Phi) is 5.03. The molecule has 0 fully saturated rings. The maximum absolute atomic E-state index is 13.9. The van der Waals surface area contributed by atoms with E-state index in [9.17, 15) is 14.0 Å². The van der Waals surface area contributed by atoms with Crippen molar-refractivity contribution in [1.29, 1.82) is 0 Å². The summed E-state index contributed by atoms with van der Waals surface area (Å²) in [6.45, 7) is 5.56. The fourth-order valence-corrected chi connectivity index (χ4v) is 1.83. The molecule has 5 heteroatoms. The lowest BCUT2D eigenvalue weighted by molar-refractivity contribution is -0.118. The third kappa shape index (κ3) is 4.05. The average Bonchev–Trinajstić information content (AvgIpc) is 2.30. The summed E-state index contributed by atoms with van der Waals surface area (Å²) >= 11 is 0. The second kappa shape index (κ2) is 6.31. The Bertz CT molecular complexity index is 486. The van der Waals surface area contributed by atoms with Gasteiger partial charge in [-0.2, -0.15) is 0 Å². The molecule has 2 N–H and O–H groups in total. The van der Waals surface area contributed by atoms with E-state index in [2.05, 4.69) is 0 Å². The number of carbonyl (C=O) groups excluding carboxylic acids is 2. The van der Waals surface area contributed by atoms with Gasteiger partial charge in [-0.05, 0) is 24.5 Å². The zero-order chi connectivity index (χ0) is 14.6. The predicted molar refractivity (Wildman–Crippen MR) is 71.1 cm³/mol. The quantitative estimate of drug-likeness (QED) is 0.882. The van der Waals surface area contributed by atoms with Crippen molar-refractivity contribution in [2.75, 3.05) is 13.1 Å². The molecule has 0 unspecified atom stereocenters. The lowest BCUT2D eigenvalue weighted by atomic mass is 10.1. The molecule has 0 atom stereocenters. The van der Waals surface area contributed by atoms with Gasteiger partial charge in [-0.1, -0.05) is 26.0 Å². The van der Waals surface area contributed by atoms with Crippen molar-refractivity contribution in [3.8, 4) is 0 Å². The predicted octanol–water partition coefficient (Wildman–Crippen LogP) is 1.72. The highest BCUT2D eigenvalue weighted by Crippen LogP contribution is 2.15. The molecule has 0 aromatic heterocycles. The largest absolute Gasteiger partial charge is 0.368 e. The molecule has 1 aromatic rings. The third-order valence-electron chi connectivity index (χ3n) is 2.64. The summed E-state index contributed by atoms with van der Waals surface area (Å²) in [5.41, 5.74) is 5.50. The van der Waals surface area contributed by atoms with Crippen LogP contribution in [0.4, 0.5) is 4.39 Å². The lowest BCUT2D eigenvalue weighted by Crippen LogP contribution is -2.40. The van der Waals surface area contributed by atoms with Crippen molar-refractivity contribution in [1.82, 2.24) is 4.90 Å². The first kappa shape index (κ1) is 15.1. The number of hydrogen-bond donors (Lipinski definition) is 1. The van der Waals surface area contributed by atoms with Crippen molar-refractivity contribution in [3.05, 3.63) is 35.1 Å². The molecule has 0 saturated heterocycles. The smallest absolute Gasteiger partial charge is 0.257 e. The van der Waals surface area contributed by atoms with Gasteiger partial charge < -0.3 is 10.6 Å². The van der Waals surface area contributed by atoms with Crippen LogP contribution in [0.1, 0.15) is 29.8 Å². The minimum absolute atomic E-state index is 0.0260. The van der Waals surface area contributed by atoms with E-state index in [4.69, 9.17) is 5.73 Å². The number of primary amides is 1. The molecule has 0 bridgehead atoms. The number of nitrogens with two attached hydrogens (primary N) is 1. The Morgan fingerprint density at radius 3 is 2.53 bits per heavy atom. The number of carbonyl (C=O) groups is 2. The Labute approximate surface area is 112 Å². The fourth-order valence-electron chi connectivity index (χ4n) is 1.83. The molecular weight excluding hydrogens is 247 g/mol. The topological polar surface area (TPSA) is 63.4 Å². The summed E-state index contributed by atoms with van der Waals surface area (Å²) in [5.74, 6) is -1.50. The molecule has 0 aliphatic rings. The minimum Gasteiger partial charge on any atom is -0.368 e. The molecule has 0 spiro atoms. The average molecular weight is 266 g/mol. The van der Waals surface area contributed by atoms with Crippen molar-refractivity contribution in [3.63, 3.8) is 0 Å². The van der Waals surface area contributed by atoms with Gasteiger partial charge in [0.15, 0.2) is 0 Å². The van der Waals surface area contributed by atoms with E-state index >= 15 is 0 Å². The molecule has 1 aromatic carbocycles. The minimum atomic E-state index is -0.609. The molecule has 0 radical (unpaired) electrons. The highest BCUT2D eigenvalue weighted by molar-refractivity contribution is 5.96. The van der Waals surface area contributed by atoms with Crippen LogP contribution in [0.2, 0.25) is 0 Å². The van der Waals surface area contributed by atoms with Crippen LogP contribution in [-0.4, -0.2) is 29.8 Å². The van der Waals surface area contributed by atoms with E-state index in [1.807, 2.05) is 13.8 Å². The zero-order valence-corrected chi connectivity index (χ0v) is 11.4. The first-order chi connectivity index (χ1) is 8.82. The SMILES string of the molecule is Cc1cccc(C(=O)N(CC(N)=O)CC(C)C)c1F. The van der Waals surface area contributed by atoms with Crippen molar-refractivity contribution in [2.24, 2.45) is 11.7 Å². The van der Waals surface area contributed by atoms with Crippen LogP contribution in [0, 0.1) is 18.7 Å². The lowest BCUT2D eigenvalue weighted by Gasteiger charge is -2.23. The highest BCUT2D eigenvalue weighted by atomic mass is 19.1. The van der Waals surface area contributed by atoms with Crippen molar-refractivity contribution >= 4 is 11.8 Å². The molecule has 19 heavy (non-hydrogen) atoms. The Morgan fingerprint density at radius 2 is 2.00 bits per heavy atom. The van der Waals surface area contributed by atoms with E-state index in [0.29, 0.717) is 12.1 Å². The summed E-state index contributed by atoms with van der Waals surface area (Å²) in [4.78, 5) is 24.6. The number of hydrogen-bond acceptors (Lipinski definition) is 2. The monoisotopic (exact) mass is 266 g/mol. The second-order valence-electron chi connectivity index (χ2n) is 4.98. The van der Waals surface area contributed by atoms with Gasteiger partial charge in [-0.25, -0.2) is 4.39 Å². The molecule has 4 nitrogen and oxygen atoms in total. The maximum atomic E-state index is 13.9. The number of amides is 2. The zero-order valence-electron chi connectivity index (χ0n) is 11.4. The van der Waals surface area contributed by atoms with E-state index in [1.165, 1.54) is 11.0 Å². The Hall–Kier alpha value is -1.91. The van der Waals surface area contributed by atoms with Gasteiger partial charge in [0.05, 0.1) is 12.1 Å². The number of halogens is 1. The van der Waals surface area contributed by atoms with Gasteiger partial charge in [-0.15, -0.1) is 0 Å². The van der Waals surface area contributed by atoms with Gasteiger partial charge in [0.2, 0.25) is 5.91 Å². The molecular formula is C14H19FN2O2. The summed E-state index contributed by atoms with van der Waals surface area (Å²) in [6.07, 6.45) is 0. The van der Waals surface area contributed by atoms with Gasteiger partial charge in [-0.3, -0.25) is 9.59 Å². The molecule has 0 heterocycles. The molecule has 0 aliphatic heterocycles. The van der Waals surface area contributed by atoms with Gasteiger partial charge in [0.1, 0.15) is 5.82 Å². The van der Waals surface area contributed by atoms with E-state index in [1.54, 1.807) is 19.1 Å². The second-order valence-corrected chi connectivity index (χ2v) is 4.98. The normalized spacial score (nSPS) is 10.6. The Morgan fingerprint density at radius 1 is 1.37 bits per heavy atom. The summed E-state index contributed by atoms with van der Waals surface area (Å²) in [6, 6.07) is 4.62. The molecule has 0 aliphatic carbocycles. The van der Waals surface area contributed by atoms with Crippen LogP contribution >= 0.6 is 0 Å². The first-order valence-electron chi connectivity index (χ1n) is 6.15.